The number of hydrogen-bond acceptors (Lipinski definition) is 3. The van der Waals surface area contributed by atoms with Crippen LogP contribution >= 0.6 is 23.2 Å². The molecule has 3 N–H and O–H groups in total. The molecule has 0 saturated heterocycles. The van der Waals surface area contributed by atoms with Crippen LogP contribution in [0.25, 0.3) is 11.1 Å². The van der Waals surface area contributed by atoms with Crippen molar-refractivity contribution in [2.24, 2.45) is 5.73 Å². The summed E-state index contributed by atoms with van der Waals surface area (Å²) >= 11 is 12.7. The zero-order valence-electron chi connectivity index (χ0n) is 11.9. The predicted octanol–water partition coefficient (Wildman–Crippen LogP) is 4.24. The fourth-order valence-electron chi connectivity index (χ4n) is 2.56. The van der Waals surface area contributed by atoms with E-state index in [-0.39, 0.29) is 11.9 Å². The third-order valence-corrected chi connectivity index (χ3v) is 4.17. The van der Waals surface area contributed by atoms with E-state index in [0.717, 1.165) is 5.56 Å². The number of halogens is 3. The highest BCUT2D eigenvalue weighted by Gasteiger charge is 2.25. The molecule has 0 amide bonds. The average molecular weight is 341 g/mol. The normalized spacial score (nSPS) is 16.7. The Hall–Kier alpha value is -1.49. The van der Waals surface area contributed by atoms with Gasteiger partial charge in [0.05, 0.1) is 22.3 Å². The molecule has 3 rings (SSSR count). The van der Waals surface area contributed by atoms with Gasteiger partial charge in [0.1, 0.15) is 11.9 Å². The summed E-state index contributed by atoms with van der Waals surface area (Å²) in [5, 5.41) is 4.04. The first kappa shape index (κ1) is 15.4. The molecule has 0 spiro atoms. The highest BCUT2D eigenvalue weighted by atomic mass is 35.5. The van der Waals surface area contributed by atoms with Crippen LogP contribution in [-0.4, -0.2) is 19.2 Å². The molecule has 0 aromatic heterocycles. The molecule has 6 heteroatoms. The molecule has 0 saturated carbocycles. The second kappa shape index (κ2) is 5.95. The molecule has 3 nitrogen and oxygen atoms in total. The van der Waals surface area contributed by atoms with Gasteiger partial charge < -0.3 is 15.8 Å². The topological polar surface area (TPSA) is 47.3 Å². The molecule has 0 unspecified atom stereocenters. The van der Waals surface area contributed by atoms with E-state index in [4.69, 9.17) is 33.7 Å². The standard InChI is InChI=1S/C16H15Cl2FN2O/c1-8-2-12(17)15(13(18)3-8)11-4-9(19)5-14-16(11)22-10(6-20)7-21-14/h2-5,10,21H,6-7,20H2,1H3/t10-/m1/s1. The van der Waals surface area contributed by atoms with Gasteiger partial charge >= 0.3 is 0 Å². The van der Waals surface area contributed by atoms with Crippen molar-refractivity contribution in [1.29, 1.82) is 0 Å². The molecule has 0 bridgehead atoms. The second-order valence-electron chi connectivity index (χ2n) is 5.29. The Labute approximate surface area is 138 Å². The van der Waals surface area contributed by atoms with Crippen molar-refractivity contribution in [3.8, 4) is 16.9 Å². The second-order valence-corrected chi connectivity index (χ2v) is 6.10. The first-order chi connectivity index (χ1) is 10.5. The van der Waals surface area contributed by atoms with E-state index in [1.54, 1.807) is 12.1 Å². The van der Waals surface area contributed by atoms with Crippen LogP contribution in [0.2, 0.25) is 10.0 Å². The van der Waals surface area contributed by atoms with Crippen LogP contribution in [0.4, 0.5) is 10.1 Å². The van der Waals surface area contributed by atoms with Crippen LogP contribution in [0.15, 0.2) is 24.3 Å². The lowest BCUT2D eigenvalue weighted by molar-refractivity contribution is 0.215. The maximum Gasteiger partial charge on any atom is 0.151 e. The van der Waals surface area contributed by atoms with Gasteiger partial charge in [0.15, 0.2) is 5.75 Å². The molecule has 22 heavy (non-hydrogen) atoms. The summed E-state index contributed by atoms with van der Waals surface area (Å²) in [5.41, 5.74) is 8.26. The van der Waals surface area contributed by atoms with E-state index < -0.39 is 0 Å². The Balaban J connectivity index is 2.22. The monoisotopic (exact) mass is 340 g/mol. The van der Waals surface area contributed by atoms with Gasteiger partial charge in [0, 0.05) is 23.7 Å². The van der Waals surface area contributed by atoms with Crippen LogP contribution in [-0.2, 0) is 0 Å². The zero-order chi connectivity index (χ0) is 15.9. The molecule has 2 aromatic carbocycles. The van der Waals surface area contributed by atoms with Gasteiger partial charge in [-0.1, -0.05) is 23.2 Å². The number of fused-ring (bicyclic) bond motifs is 1. The quantitative estimate of drug-likeness (QED) is 0.859. The number of ether oxygens (including phenoxy) is 1. The number of anilines is 1. The van der Waals surface area contributed by atoms with Crippen molar-refractivity contribution >= 4 is 28.9 Å². The number of nitrogens with two attached hydrogens (primary N) is 1. The van der Waals surface area contributed by atoms with Gasteiger partial charge in [-0.3, -0.25) is 0 Å². The van der Waals surface area contributed by atoms with Gasteiger partial charge in [0.25, 0.3) is 0 Å². The summed E-state index contributed by atoms with van der Waals surface area (Å²) in [5.74, 6) is 0.138. The van der Waals surface area contributed by atoms with Crippen molar-refractivity contribution in [3.05, 3.63) is 45.7 Å². The molecule has 1 aliphatic rings. The number of rotatable bonds is 2. The van der Waals surface area contributed by atoms with Crippen molar-refractivity contribution < 1.29 is 9.13 Å². The number of hydrogen-bond donors (Lipinski definition) is 2. The van der Waals surface area contributed by atoms with E-state index in [0.29, 0.717) is 45.7 Å². The van der Waals surface area contributed by atoms with Crippen LogP contribution in [0.5, 0.6) is 5.75 Å². The molecule has 116 valence electrons. The lowest BCUT2D eigenvalue weighted by Crippen LogP contribution is -2.37. The van der Waals surface area contributed by atoms with Gasteiger partial charge in [0.2, 0.25) is 0 Å². The number of nitrogens with one attached hydrogen (secondary N) is 1. The molecular weight excluding hydrogens is 326 g/mol. The van der Waals surface area contributed by atoms with Crippen molar-refractivity contribution in [1.82, 2.24) is 0 Å². The molecule has 2 aromatic rings. The highest BCUT2D eigenvalue weighted by Crippen LogP contribution is 2.45. The summed E-state index contributed by atoms with van der Waals surface area (Å²) in [6, 6.07) is 6.34. The number of benzene rings is 2. The van der Waals surface area contributed by atoms with Crippen LogP contribution in [0.3, 0.4) is 0 Å². The first-order valence-corrected chi connectivity index (χ1v) is 7.65. The zero-order valence-corrected chi connectivity index (χ0v) is 13.4. The molecule has 0 fully saturated rings. The lowest BCUT2D eigenvalue weighted by atomic mass is 10.0. The van der Waals surface area contributed by atoms with E-state index in [2.05, 4.69) is 5.32 Å². The van der Waals surface area contributed by atoms with Gasteiger partial charge in [-0.25, -0.2) is 4.39 Å². The fraction of sp³-hybridized carbons (Fsp3) is 0.250. The minimum Gasteiger partial charge on any atom is -0.484 e. The summed E-state index contributed by atoms with van der Waals surface area (Å²) in [4.78, 5) is 0. The van der Waals surface area contributed by atoms with Crippen LogP contribution < -0.4 is 15.8 Å². The van der Waals surface area contributed by atoms with Gasteiger partial charge in [-0.2, -0.15) is 0 Å². The van der Waals surface area contributed by atoms with Gasteiger partial charge in [-0.05, 0) is 30.7 Å². The van der Waals surface area contributed by atoms with Crippen LogP contribution in [0, 0.1) is 12.7 Å². The fourth-order valence-corrected chi connectivity index (χ4v) is 3.36. The molecule has 0 aliphatic carbocycles. The van der Waals surface area contributed by atoms with Crippen molar-refractivity contribution in [3.63, 3.8) is 0 Å². The molecule has 1 heterocycles. The maximum absolute atomic E-state index is 14.0. The Kier molecular flexibility index (Phi) is 4.17. The van der Waals surface area contributed by atoms with Crippen molar-refractivity contribution in [2.75, 3.05) is 18.4 Å². The number of aryl methyl sites for hydroxylation is 1. The largest absolute Gasteiger partial charge is 0.484 e. The SMILES string of the molecule is Cc1cc(Cl)c(-c2cc(F)cc3c2O[C@H](CN)CN3)c(Cl)c1. The smallest absolute Gasteiger partial charge is 0.151 e. The first-order valence-electron chi connectivity index (χ1n) is 6.89. The Morgan fingerprint density at radius 3 is 2.59 bits per heavy atom. The van der Waals surface area contributed by atoms with E-state index >= 15 is 0 Å². The molecular formula is C16H15Cl2FN2O. The van der Waals surface area contributed by atoms with E-state index in [1.165, 1.54) is 12.1 Å². The summed E-state index contributed by atoms with van der Waals surface area (Å²) in [6.45, 7) is 2.78. The molecule has 1 atom stereocenters. The third kappa shape index (κ3) is 2.74. The van der Waals surface area contributed by atoms with E-state index in [1.807, 2.05) is 6.92 Å². The highest BCUT2D eigenvalue weighted by molar-refractivity contribution is 6.39. The Morgan fingerprint density at radius 1 is 1.27 bits per heavy atom. The summed E-state index contributed by atoms with van der Waals surface area (Å²) in [7, 11) is 0. The Bertz CT molecular complexity index is 713. The van der Waals surface area contributed by atoms with Gasteiger partial charge in [-0.15, -0.1) is 0 Å². The molecule has 1 aliphatic heterocycles. The van der Waals surface area contributed by atoms with Crippen LogP contribution in [0.1, 0.15) is 5.56 Å². The minimum absolute atomic E-state index is 0.181. The predicted molar refractivity (Wildman–Crippen MR) is 88.6 cm³/mol. The van der Waals surface area contributed by atoms with E-state index in [9.17, 15) is 4.39 Å². The maximum atomic E-state index is 14.0. The minimum atomic E-state index is -0.385. The summed E-state index contributed by atoms with van der Waals surface area (Å²) in [6.07, 6.45) is -0.181. The Morgan fingerprint density at radius 2 is 1.95 bits per heavy atom. The lowest BCUT2D eigenvalue weighted by Gasteiger charge is -2.29. The third-order valence-electron chi connectivity index (χ3n) is 3.58. The average Bonchev–Trinajstić information content (AvgIpc) is 2.45. The summed E-state index contributed by atoms with van der Waals surface area (Å²) < 4.78 is 19.8. The van der Waals surface area contributed by atoms with Crippen molar-refractivity contribution in [2.45, 2.75) is 13.0 Å². The molecule has 0 radical (unpaired) electrons.